The fraction of sp³-hybridized carbons (Fsp3) is 0.435. The number of carbonyl (C=O) groups is 1. The van der Waals surface area contributed by atoms with Crippen LogP contribution in [0.5, 0.6) is 17.2 Å². The van der Waals surface area contributed by atoms with Crippen molar-refractivity contribution in [1.82, 2.24) is 4.31 Å². The second kappa shape index (κ2) is 11.1. The molecule has 2 aromatic carbocycles. The second-order valence-electron chi connectivity index (χ2n) is 7.76. The third kappa shape index (κ3) is 5.90. The summed E-state index contributed by atoms with van der Waals surface area (Å²) in [6.45, 7) is -0.314. The maximum atomic E-state index is 13.6. The van der Waals surface area contributed by atoms with Crippen molar-refractivity contribution in [2.45, 2.75) is 43.0 Å². The number of nitrogens with one attached hydrogen (secondary N) is 1. The molecule has 0 aliphatic heterocycles. The van der Waals surface area contributed by atoms with Gasteiger partial charge in [-0.2, -0.15) is 4.31 Å². The van der Waals surface area contributed by atoms with Crippen molar-refractivity contribution in [2.24, 2.45) is 0 Å². The van der Waals surface area contributed by atoms with Gasteiger partial charge in [0, 0.05) is 17.8 Å². The van der Waals surface area contributed by atoms with Gasteiger partial charge < -0.3 is 19.5 Å². The van der Waals surface area contributed by atoms with Gasteiger partial charge in [-0.25, -0.2) is 8.42 Å². The number of methoxy groups -OCH3 is 3. The Morgan fingerprint density at radius 2 is 1.61 bits per heavy atom. The average Bonchev–Trinajstić information content (AvgIpc) is 2.82. The van der Waals surface area contributed by atoms with Crippen LogP contribution in [-0.4, -0.2) is 52.5 Å². The van der Waals surface area contributed by atoms with Gasteiger partial charge in [-0.15, -0.1) is 0 Å². The molecule has 8 nitrogen and oxygen atoms in total. The van der Waals surface area contributed by atoms with Crippen molar-refractivity contribution in [3.05, 3.63) is 41.4 Å². The first-order chi connectivity index (χ1) is 15.8. The lowest BCUT2D eigenvalue weighted by atomic mass is 9.95. The zero-order valence-electron chi connectivity index (χ0n) is 19.0. The minimum atomic E-state index is -3.97. The highest BCUT2D eigenvalue weighted by molar-refractivity contribution is 7.89. The molecule has 1 aliphatic rings. The topological polar surface area (TPSA) is 94.2 Å². The Hall–Kier alpha value is -2.49. The molecule has 1 N–H and O–H groups in total. The van der Waals surface area contributed by atoms with Crippen LogP contribution in [0.1, 0.15) is 32.1 Å². The van der Waals surface area contributed by atoms with Crippen molar-refractivity contribution >= 4 is 33.2 Å². The highest BCUT2D eigenvalue weighted by Gasteiger charge is 2.34. The first-order valence-electron chi connectivity index (χ1n) is 10.7. The van der Waals surface area contributed by atoms with Crippen LogP contribution < -0.4 is 19.5 Å². The molecule has 0 aromatic heterocycles. The Morgan fingerprint density at radius 3 is 2.21 bits per heavy atom. The van der Waals surface area contributed by atoms with Gasteiger partial charge in [-0.05, 0) is 43.2 Å². The van der Waals surface area contributed by atoms with Crippen LogP contribution in [0.25, 0.3) is 0 Å². The molecule has 1 aliphatic carbocycles. The molecule has 180 valence electrons. The Kier molecular flexibility index (Phi) is 8.45. The van der Waals surface area contributed by atoms with Crippen LogP contribution in [0.4, 0.5) is 5.69 Å². The van der Waals surface area contributed by atoms with Crippen LogP contribution in [-0.2, 0) is 14.8 Å². The molecule has 2 aromatic rings. The lowest BCUT2D eigenvalue weighted by Crippen LogP contribution is -2.45. The summed E-state index contributed by atoms with van der Waals surface area (Å²) in [7, 11) is 0.512. The van der Waals surface area contributed by atoms with E-state index in [1.54, 1.807) is 18.2 Å². The lowest BCUT2D eigenvalue weighted by Gasteiger charge is -2.33. The summed E-state index contributed by atoms with van der Waals surface area (Å²) in [5.41, 5.74) is 0.478. The predicted octanol–water partition coefficient (Wildman–Crippen LogP) is 4.33. The molecular formula is C23H29ClN2O6S. The molecule has 0 atom stereocenters. The number of rotatable bonds is 9. The van der Waals surface area contributed by atoms with Gasteiger partial charge in [0.15, 0.2) is 11.5 Å². The number of anilines is 1. The third-order valence-corrected chi connectivity index (χ3v) is 7.87. The highest BCUT2D eigenvalue weighted by Crippen LogP contribution is 2.33. The number of halogens is 1. The molecule has 33 heavy (non-hydrogen) atoms. The Morgan fingerprint density at radius 1 is 0.970 bits per heavy atom. The number of nitrogens with zero attached hydrogens (tertiary/aromatic N) is 1. The largest absolute Gasteiger partial charge is 0.495 e. The second-order valence-corrected chi connectivity index (χ2v) is 10.1. The van der Waals surface area contributed by atoms with Crippen molar-refractivity contribution in [2.75, 3.05) is 33.2 Å². The van der Waals surface area contributed by atoms with Crippen LogP contribution in [0.15, 0.2) is 41.3 Å². The molecule has 1 amide bonds. The first-order valence-corrected chi connectivity index (χ1v) is 12.5. The van der Waals surface area contributed by atoms with E-state index >= 15 is 0 Å². The molecule has 3 rings (SSSR count). The lowest BCUT2D eigenvalue weighted by molar-refractivity contribution is -0.116. The normalized spacial score (nSPS) is 14.7. The summed E-state index contributed by atoms with van der Waals surface area (Å²) in [5.74, 6) is 0.917. The molecule has 0 heterocycles. The van der Waals surface area contributed by atoms with E-state index in [0.29, 0.717) is 35.8 Å². The number of hydrogen-bond acceptors (Lipinski definition) is 6. The van der Waals surface area contributed by atoms with E-state index in [1.165, 1.54) is 43.8 Å². The standard InChI is InChI=1S/C23H29ClN2O6S/c1-30-20-12-10-18(14-19(20)24)33(28,29)26(17-7-5-4-6-8-17)15-23(27)25-16-9-11-21(31-2)22(13-16)32-3/h9-14,17H,4-8,15H2,1-3H3,(H,25,27). The van der Waals surface area contributed by atoms with Crippen LogP contribution in [0.3, 0.4) is 0 Å². The quantitative estimate of drug-likeness (QED) is 0.555. The third-order valence-electron chi connectivity index (χ3n) is 5.68. The molecule has 1 saturated carbocycles. The molecule has 0 unspecified atom stereocenters. The average molecular weight is 497 g/mol. The molecule has 0 bridgehead atoms. The van der Waals surface area contributed by atoms with E-state index in [0.717, 1.165) is 19.3 Å². The number of hydrogen-bond donors (Lipinski definition) is 1. The number of amides is 1. The number of carbonyl (C=O) groups excluding carboxylic acids is 1. The molecule has 0 spiro atoms. The number of sulfonamides is 1. The summed E-state index contributed by atoms with van der Waals surface area (Å²) in [4.78, 5) is 13.0. The Bertz CT molecular complexity index is 1090. The summed E-state index contributed by atoms with van der Waals surface area (Å²) < 4.78 is 44.0. The van der Waals surface area contributed by atoms with E-state index in [4.69, 9.17) is 25.8 Å². The summed E-state index contributed by atoms with van der Waals surface area (Å²) in [6, 6.07) is 9.02. The Labute approximate surface area is 199 Å². The van der Waals surface area contributed by atoms with Gasteiger partial charge in [0.05, 0.1) is 37.8 Å². The zero-order valence-corrected chi connectivity index (χ0v) is 20.5. The molecule has 0 saturated heterocycles. The van der Waals surface area contributed by atoms with Gasteiger partial charge in [-0.1, -0.05) is 30.9 Å². The van der Waals surface area contributed by atoms with Crippen LogP contribution >= 0.6 is 11.6 Å². The molecule has 1 fully saturated rings. The van der Waals surface area contributed by atoms with E-state index in [1.807, 2.05) is 0 Å². The van der Waals surface area contributed by atoms with Crippen LogP contribution in [0, 0.1) is 0 Å². The minimum Gasteiger partial charge on any atom is -0.495 e. The van der Waals surface area contributed by atoms with Gasteiger partial charge in [-0.3, -0.25) is 4.79 Å². The van der Waals surface area contributed by atoms with Crippen molar-refractivity contribution in [1.29, 1.82) is 0 Å². The van der Waals surface area contributed by atoms with Gasteiger partial charge >= 0.3 is 0 Å². The van der Waals surface area contributed by atoms with Gasteiger partial charge in [0.1, 0.15) is 5.75 Å². The van der Waals surface area contributed by atoms with Gasteiger partial charge in [0.2, 0.25) is 15.9 Å². The van der Waals surface area contributed by atoms with E-state index in [-0.39, 0.29) is 22.5 Å². The molecule has 0 radical (unpaired) electrons. The zero-order chi connectivity index (χ0) is 24.0. The van der Waals surface area contributed by atoms with E-state index in [2.05, 4.69) is 5.32 Å². The molecular weight excluding hydrogens is 468 g/mol. The van der Waals surface area contributed by atoms with Crippen molar-refractivity contribution in [3.63, 3.8) is 0 Å². The number of benzene rings is 2. The smallest absolute Gasteiger partial charge is 0.243 e. The maximum absolute atomic E-state index is 13.6. The Balaban J connectivity index is 1.86. The SMILES string of the molecule is COc1ccc(S(=O)(=O)N(CC(=O)Nc2ccc(OC)c(OC)c2)C2CCCCC2)cc1Cl. The summed E-state index contributed by atoms with van der Waals surface area (Å²) in [6.07, 6.45) is 4.28. The highest BCUT2D eigenvalue weighted by atomic mass is 35.5. The molecule has 10 heteroatoms. The first kappa shape index (κ1) is 25.1. The minimum absolute atomic E-state index is 0.0257. The summed E-state index contributed by atoms with van der Waals surface area (Å²) in [5, 5.41) is 2.96. The maximum Gasteiger partial charge on any atom is 0.243 e. The van der Waals surface area contributed by atoms with Crippen molar-refractivity contribution in [3.8, 4) is 17.2 Å². The fourth-order valence-electron chi connectivity index (χ4n) is 3.98. The monoisotopic (exact) mass is 496 g/mol. The van der Waals surface area contributed by atoms with E-state index < -0.39 is 15.9 Å². The van der Waals surface area contributed by atoms with Crippen molar-refractivity contribution < 1.29 is 27.4 Å². The predicted molar refractivity (Wildman–Crippen MR) is 127 cm³/mol. The van der Waals surface area contributed by atoms with E-state index in [9.17, 15) is 13.2 Å². The van der Waals surface area contributed by atoms with Gasteiger partial charge in [0.25, 0.3) is 0 Å². The number of ether oxygens (including phenoxy) is 3. The fourth-order valence-corrected chi connectivity index (χ4v) is 5.97. The summed E-state index contributed by atoms with van der Waals surface area (Å²) >= 11 is 6.18. The van der Waals surface area contributed by atoms with Crippen LogP contribution in [0.2, 0.25) is 5.02 Å².